The lowest BCUT2D eigenvalue weighted by molar-refractivity contribution is 0.424. The van der Waals surface area contributed by atoms with Crippen molar-refractivity contribution in [2.75, 3.05) is 6.54 Å². The Labute approximate surface area is 116 Å². The van der Waals surface area contributed by atoms with Gasteiger partial charge in [-0.1, -0.05) is 39.0 Å². The lowest BCUT2D eigenvalue weighted by atomic mass is 9.95. The van der Waals surface area contributed by atoms with Gasteiger partial charge in [0.25, 0.3) is 0 Å². The summed E-state index contributed by atoms with van der Waals surface area (Å²) < 4.78 is 0. The molecule has 2 rings (SSSR count). The van der Waals surface area contributed by atoms with Gasteiger partial charge in [0, 0.05) is 17.6 Å². The van der Waals surface area contributed by atoms with Crippen LogP contribution in [-0.2, 0) is 6.42 Å². The van der Waals surface area contributed by atoms with Gasteiger partial charge in [0.15, 0.2) is 0 Å². The summed E-state index contributed by atoms with van der Waals surface area (Å²) in [7, 11) is 0. The minimum Gasteiger partial charge on any atom is -0.314 e. The molecule has 0 bridgehead atoms. The maximum absolute atomic E-state index is 4.44. The lowest BCUT2D eigenvalue weighted by Gasteiger charge is -2.20. The third-order valence-corrected chi connectivity index (χ3v) is 3.45. The first-order valence-electron chi connectivity index (χ1n) is 7.26. The second-order valence-electron chi connectivity index (χ2n) is 5.58. The standard InChI is InChI=1S/C17H24N2/c1-4-18-15(11-13(2)3)12-14-9-10-19-17-8-6-5-7-16(14)17/h5-10,13,15,18H,4,11-12H2,1-3H3. The molecule has 1 heterocycles. The highest BCUT2D eigenvalue weighted by molar-refractivity contribution is 5.81. The van der Waals surface area contributed by atoms with Gasteiger partial charge in [-0.15, -0.1) is 0 Å². The van der Waals surface area contributed by atoms with Gasteiger partial charge in [-0.3, -0.25) is 4.98 Å². The molecule has 1 atom stereocenters. The number of aromatic nitrogens is 1. The Balaban J connectivity index is 2.23. The Morgan fingerprint density at radius 2 is 1.95 bits per heavy atom. The van der Waals surface area contributed by atoms with E-state index in [4.69, 9.17) is 0 Å². The molecule has 0 aliphatic rings. The molecular formula is C17H24N2. The van der Waals surface area contributed by atoms with Crippen LogP contribution in [0, 0.1) is 5.92 Å². The highest BCUT2D eigenvalue weighted by atomic mass is 14.9. The molecule has 1 aromatic heterocycles. The molecule has 1 aromatic carbocycles. The Morgan fingerprint density at radius 1 is 1.16 bits per heavy atom. The van der Waals surface area contributed by atoms with Crippen molar-refractivity contribution in [1.82, 2.24) is 10.3 Å². The van der Waals surface area contributed by atoms with Gasteiger partial charge in [0.1, 0.15) is 0 Å². The molecule has 2 heteroatoms. The fourth-order valence-electron chi connectivity index (χ4n) is 2.70. The van der Waals surface area contributed by atoms with Gasteiger partial charge in [-0.2, -0.15) is 0 Å². The summed E-state index contributed by atoms with van der Waals surface area (Å²) in [6, 6.07) is 11.1. The summed E-state index contributed by atoms with van der Waals surface area (Å²) in [6.07, 6.45) is 4.22. The summed E-state index contributed by atoms with van der Waals surface area (Å²) in [5, 5.41) is 4.90. The molecule has 1 unspecified atom stereocenters. The molecule has 0 saturated heterocycles. The minimum absolute atomic E-state index is 0.552. The number of nitrogens with one attached hydrogen (secondary N) is 1. The summed E-state index contributed by atoms with van der Waals surface area (Å²) in [5.41, 5.74) is 2.50. The van der Waals surface area contributed by atoms with Crippen molar-refractivity contribution in [2.45, 2.75) is 39.7 Å². The lowest BCUT2D eigenvalue weighted by Crippen LogP contribution is -2.32. The van der Waals surface area contributed by atoms with E-state index in [-0.39, 0.29) is 0 Å². The first-order chi connectivity index (χ1) is 9.20. The van der Waals surface area contributed by atoms with Gasteiger partial charge in [0.05, 0.1) is 5.52 Å². The predicted octanol–water partition coefficient (Wildman–Crippen LogP) is 3.80. The van der Waals surface area contributed by atoms with Gasteiger partial charge in [-0.05, 0) is 43.0 Å². The van der Waals surface area contributed by atoms with Crippen LogP contribution in [0.25, 0.3) is 10.9 Å². The van der Waals surface area contributed by atoms with Gasteiger partial charge >= 0.3 is 0 Å². The number of likely N-dealkylation sites (N-methyl/N-ethyl adjacent to an activating group) is 1. The van der Waals surface area contributed by atoms with E-state index < -0.39 is 0 Å². The van der Waals surface area contributed by atoms with Crippen LogP contribution < -0.4 is 5.32 Å². The Morgan fingerprint density at radius 3 is 2.68 bits per heavy atom. The number of nitrogens with zero attached hydrogens (tertiary/aromatic N) is 1. The molecule has 0 aliphatic carbocycles. The van der Waals surface area contributed by atoms with Crippen LogP contribution in [-0.4, -0.2) is 17.6 Å². The van der Waals surface area contributed by atoms with Crippen molar-refractivity contribution in [3.63, 3.8) is 0 Å². The normalized spacial score (nSPS) is 13.1. The number of rotatable bonds is 6. The van der Waals surface area contributed by atoms with E-state index in [0.29, 0.717) is 6.04 Å². The van der Waals surface area contributed by atoms with Crippen molar-refractivity contribution in [1.29, 1.82) is 0 Å². The van der Waals surface area contributed by atoms with Crippen LogP contribution >= 0.6 is 0 Å². The second-order valence-corrected chi connectivity index (χ2v) is 5.58. The molecular weight excluding hydrogens is 232 g/mol. The first kappa shape index (κ1) is 14.0. The zero-order valence-electron chi connectivity index (χ0n) is 12.2. The molecule has 0 spiro atoms. The second kappa shape index (κ2) is 6.67. The number of fused-ring (bicyclic) bond motifs is 1. The zero-order chi connectivity index (χ0) is 13.7. The average molecular weight is 256 g/mol. The minimum atomic E-state index is 0.552. The number of para-hydroxylation sites is 1. The van der Waals surface area contributed by atoms with Crippen molar-refractivity contribution in [3.8, 4) is 0 Å². The van der Waals surface area contributed by atoms with Crippen LogP contribution in [0.2, 0.25) is 0 Å². The zero-order valence-corrected chi connectivity index (χ0v) is 12.2. The SMILES string of the molecule is CCNC(Cc1ccnc2ccccc12)CC(C)C. The molecule has 102 valence electrons. The molecule has 0 radical (unpaired) electrons. The maximum Gasteiger partial charge on any atom is 0.0704 e. The highest BCUT2D eigenvalue weighted by Crippen LogP contribution is 2.19. The van der Waals surface area contributed by atoms with Crippen LogP contribution in [0.3, 0.4) is 0 Å². The Kier molecular flexibility index (Phi) is 4.92. The average Bonchev–Trinajstić information content (AvgIpc) is 2.39. The van der Waals surface area contributed by atoms with Crippen molar-refractivity contribution >= 4 is 10.9 Å². The van der Waals surface area contributed by atoms with E-state index in [1.165, 1.54) is 17.4 Å². The third-order valence-electron chi connectivity index (χ3n) is 3.45. The van der Waals surface area contributed by atoms with Gasteiger partial charge in [-0.25, -0.2) is 0 Å². The molecule has 2 nitrogen and oxygen atoms in total. The van der Waals surface area contributed by atoms with Crippen LogP contribution in [0.1, 0.15) is 32.8 Å². The van der Waals surface area contributed by atoms with E-state index in [2.05, 4.69) is 61.4 Å². The van der Waals surface area contributed by atoms with E-state index in [1.807, 2.05) is 6.20 Å². The maximum atomic E-state index is 4.44. The highest BCUT2D eigenvalue weighted by Gasteiger charge is 2.12. The monoisotopic (exact) mass is 256 g/mol. The molecule has 2 aromatic rings. The quantitative estimate of drug-likeness (QED) is 0.850. The van der Waals surface area contributed by atoms with E-state index in [1.54, 1.807) is 0 Å². The smallest absolute Gasteiger partial charge is 0.0704 e. The molecule has 0 fully saturated rings. The summed E-state index contributed by atoms with van der Waals surface area (Å²) >= 11 is 0. The number of hydrogen-bond donors (Lipinski definition) is 1. The Hall–Kier alpha value is -1.41. The Bertz CT molecular complexity index is 514. The number of hydrogen-bond acceptors (Lipinski definition) is 2. The summed E-state index contributed by atoms with van der Waals surface area (Å²) in [4.78, 5) is 4.44. The number of benzene rings is 1. The van der Waals surface area contributed by atoms with Gasteiger partial charge < -0.3 is 5.32 Å². The fourth-order valence-corrected chi connectivity index (χ4v) is 2.70. The molecule has 0 amide bonds. The fraction of sp³-hybridized carbons (Fsp3) is 0.471. The van der Waals surface area contributed by atoms with Crippen LogP contribution in [0.4, 0.5) is 0 Å². The molecule has 1 N–H and O–H groups in total. The number of pyridine rings is 1. The summed E-state index contributed by atoms with van der Waals surface area (Å²) in [5.74, 6) is 0.720. The van der Waals surface area contributed by atoms with E-state index in [0.717, 1.165) is 24.4 Å². The predicted molar refractivity (Wildman–Crippen MR) is 82.4 cm³/mol. The van der Waals surface area contributed by atoms with E-state index >= 15 is 0 Å². The first-order valence-corrected chi connectivity index (χ1v) is 7.26. The van der Waals surface area contributed by atoms with Crippen LogP contribution in [0.15, 0.2) is 36.5 Å². The van der Waals surface area contributed by atoms with Crippen molar-refractivity contribution in [2.24, 2.45) is 5.92 Å². The largest absolute Gasteiger partial charge is 0.314 e. The molecule has 0 saturated carbocycles. The topological polar surface area (TPSA) is 24.9 Å². The third kappa shape index (κ3) is 3.77. The van der Waals surface area contributed by atoms with E-state index in [9.17, 15) is 0 Å². The molecule has 0 aliphatic heterocycles. The molecule has 19 heavy (non-hydrogen) atoms. The van der Waals surface area contributed by atoms with Gasteiger partial charge in [0.2, 0.25) is 0 Å². The van der Waals surface area contributed by atoms with Crippen molar-refractivity contribution in [3.05, 3.63) is 42.1 Å². The van der Waals surface area contributed by atoms with Crippen LogP contribution in [0.5, 0.6) is 0 Å². The summed E-state index contributed by atoms with van der Waals surface area (Å²) in [6.45, 7) is 7.78. The van der Waals surface area contributed by atoms with Crippen molar-refractivity contribution < 1.29 is 0 Å².